The van der Waals surface area contributed by atoms with Crippen LogP contribution in [0, 0.1) is 6.92 Å². The van der Waals surface area contributed by atoms with Gasteiger partial charge in [-0.2, -0.15) is 2.78 Å². The van der Waals surface area contributed by atoms with Crippen LogP contribution in [-0.4, -0.2) is 10.2 Å². The molecular weight excluding hydrogens is 217 g/mol. The van der Waals surface area contributed by atoms with Crippen LogP contribution in [-0.2, 0) is 0 Å². The minimum atomic E-state index is 1.10. The third-order valence-electron chi connectivity index (χ3n) is 0.801. The van der Waals surface area contributed by atoms with Crippen LogP contribution in [0.15, 0.2) is 12.5 Å². The Balaban J connectivity index is 3.13. The monoisotopic (exact) mass is 222 g/mol. The summed E-state index contributed by atoms with van der Waals surface area (Å²) in [6.07, 6.45) is 3.38. The number of hydrogen-bond acceptors (Lipinski definition) is 2. The van der Waals surface area contributed by atoms with E-state index in [9.17, 15) is 0 Å². The van der Waals surface area contributed by atoms with Gasteiger partial charge < -0.3 is 0 Å². The highest BCUT2D eigenvalue weighted by molar-refractivity contribution is 14.1. The summed E-state index contributed by atoms with van der Waals surface area (Å²) in [4.78, 5) is 0. The molecule has 0 fully saturated rings. The quantitative estimate of drug-likeness (QED) is 0.589. The van der Waals surface area contributed by atoms with E-state index in [4.69, 9.17) is 0 Å². The zero-order chi connectivity index (χ0) is 5.98. The van der Waals surface area contributed by atoms with Gasteiger partial charge in [0.1, 0.15) is 11.9 Å². The second-order valence-corrected chi connectivity index (χ2v) is 2.47. The second kappa shape index (κ2) is 2.34. The van der Waals surface area contributed by atoms with Crippen molar-refractivity contribution in [2.45, 2.75) is 6.92 Å². The zero-order valence-electron chi connectivity index (χ0n) is 4.37. The molecule has 0 spiro atoms. The fourth-order valence-electron chi connectivity index (χ4n) is 0.338. The normalized spacial score (nSPS) is 9.25. The average Bonchev–Trinajstić information content (AvgIpc) is 1.77. The Bertz CT molecular complexity index is 167. The van der Waals surface area contributed by atoms with Gasteiger partial charge in [-0.3, -0.25) is 0 Å². The highest BCUT2D eigenvalue weighted by atomic mass is 127. The van der Waals surface area contributed by atoms with Gasteiger partial charge in [-0.15, -0.1) is 0 Å². The third-order valence-corrected chi connectivity index (χ3v) is 1.81. The summed E-state index contributed by atoms with van der Waals surface area (Å²) in [5.74, 6) is 0. The molecule has 0 bridgehead atoms. The van der Waals surface area contributed by atoms with Gasteiger partial charge in [-0.1, -0.05) is 0 Å². The summed E-state index contributed by atoms with van der Waals surface area (Å²) < 4.78 is 1.88. The minimum absolute atomic E-state index is 1.10. The smallest absolute Gasteiger partial charge is 0.170 e. The number of hydrogen-bond donors (Lipinski definition) is 0. The van der Waals surface area contributed by atoms with Gasteiger partial charge in [-0.05, 0) is 5.10 Å². The van der Waals surface area contributed by atoms with E-state index in [-0.39, 0.29) is 0 Å². The van der Waals surface area contributed by atoms with E-state index in [1.54, 1.807) is 12.5 Å². The van der Waals surface area contributed by atoms with E-state index in [1.807, 2.05) is 9.70 Å². The first-order valence-corrected chi connectivity index (χ1v) is 3.12. The van der Waals surface area contributed by atoms with E-state index < -0.39 is 0 Å². The number of nitrogens with zero attached hydrogens (tertiary/aromatic N) is 3. The molecule has 0 aromatic carbocycles. The molecule has 0 aliphatic carbocycles. The fourth-order valence-corrected chi connectivity index (χ4v) is 0.574. The number of aromatic nitrogens is 3. The van der Waals surface area contributed by atoms with Crippen LogP contribution in [0.3, 0.4) is 0 Å². The lowest BCUT2D eigenvalue weighted by Crippen LogP contribution is -2.23. The maximum atomic E-state index is 3.67. The number of halogens is 1. The van der Waals surface area contributed by atoms with Crippen LogP contribution in [0.25, 0.3) is 0 Å². The van der Waals surface area contributed by atoms with Crippen LogP contribution in [0.4, 0.5) is 0 Å². The molecular formula is C4H5IN3+. The summed E-state index contributed by atoms with van der Waals surface area (Å²) in [5, 5.41) is 7.32. The van der Waals surface area contributed by atoms with Crippen LogP contribution in [0.1, 0.15) is 5.69 Å². The second-order valence-electron chi connectivity index (χ2n) is 1.43. The maximum Gasteiger partial charge on any atom is 0.323 e. The van der Waals surface area contributed by atoms with Crippen molar-refractivity contribution in [3.8, 4) is 0 Å². The van der Waals surface area contributed by atoms with Gasteiger partial charge in [0.2, 0.25) is 22.9 Å². The highest BCUT2D eigenvalue weighted by Crippen LogP contribution is 1.82. The summed E-state index contributed by atoms with van der Waals surface area (Å²) >= 11 is 2.14. The lowest BCUT2D eigenvalue weighted by Gasteiger charge is -1.83. The number of aryl methyl sites for hydroxylation is 1. The molecule has 42 valence electrons. The fraction of sp³-hybridized carbons (Fsp3) is 0.250. The lowest BCUT2D eigenvalue weighted by molar-refractivity contribution is -0.454. The van der Waals surface area contributed by atoms with Crippen molar-refractivity contribution in [1.29, 1.82) is 0 Å². The Kier molecular flexibility index (Phi) is 1.72. The molecule has 0 aliphatic heterocycles. The first-order valence-electron chi connectivity index (χ1n) is 2.16. The van der Waals surface area contributed by atoms with E-state index in [0.717, 1.165) is 5.69 Å². The van der Waals surface area contributed by atoms with E-state index >= 15 is 0 Å². The maximum absolute atomic E-state index is 3.67. The molecule has 8 heavy (non-hydrogen) atoms. The predicted molar refractivity (Wildman–Crippen MR) is 36.4 cm³/mol. The molecule has 0 saturated heterocycles. The van der Waals surface area contributed by atoms with Crippen LogP contribution >= 0.6 is 22.9 Å². The van der Waals surface area contributed by atoms with Crippen molar-refractivity contribution in [3.05, 3.63) is 18.2 Å². The summed E-state index contributed by atoms with van der Waals surface area (Å²) in [7, 11) is 0. The van der Waals surface area contributed by atoms with Crippen molar-refractivity contribution >= 4 is 22.9 Å². The molecule has 0 atom stereocenters. The highest BCUT2D eigenvalue weighted by Gasteiger charge is 1.95. The minimum Gasteiger partial charge on any atom is -0.170 e. The van der Waals surface area contributed by atoms with Crippen LogP contribution in [0.5, 0.6) is 0 Å². The molecule has 0 radical (unpaired) electrons. The Hall–Kier alpha value is -0.260. The number of rotatable bonds is 0. The van der Waals surface area contributed by atoms with E-state index in [0.29, 0.717) is 0 Å². The SMILES string of the molecule is Cc1cnnc[n+]1I. The lowest BCUT2D eigenvalue weighted by atomic mass is 10.6. The Morgan fingerprint density at radius 2 is 2.38 bits per heavy atom. The Morgan fingerprint density at radius 1 is 1.62 bits per heavy atom. The van der Waals surface area contributed by atoms with Gasteiger partial charge in [-0.25, -0.2) is 0 Å². The zero-order valence-corrected chi connectivity index (χ0v) is 6.53. The largest absolute Gasteiger partial charge is 0.323 e. The summed E-state index contributed by atoms with van der Waals surface area (Å²) in [5.41, 5.74) is 1.10. The van der Waals surface area contributed by atoms with Gasteiger partial charge in [0.15, 0.2) is 0 Å². The molecule has 0 amide bonds. The predicted octanol–water partition coefficient (Wildman–Crippen LogP) is 0.271. The van der Waals surface area contributed by atoms with Gasteiger partial charge in [0.05, 0.1) is 5.10 Å². The first-order chi connectivity index (χ1) is 3.80. The molecule has 0 aliphatic rings. The van der Waals surface area contributed by atoms with Crippen LogP contribution < -0.4 is 2.78 Å². The molecule has 0 unspecified atom stereocenters. The van der Waals surface area contributed by atoms with Gasteiger partial charge in [0.25, 0.3) is 0 Å². The summed E-state index contributed by atoms with van der Waals surface area (Å²) in [6, 6.07) is 0. The molecule has 3 nitrogen and oxygen atoms in total. The Morgan fingerprint density at radius 3 is 2.75 bits per heavy atom. The standard InChI is InChI=1S/C4H5IN3/c1-4-2-6-7-3-8(4)5/h2-3H,1H3/q+1. The molecule has 1 aromatic rings. The summed E-state index contributed by atoms with van der Waals surface area (Å²) in [6.45, 7) is 1.97. The Labute approximate surface area is 61.3 Å². The van der Waals surface area contributed by atoms with Crippen LogP contribution in [0.2, 0.25) is 0 Å². The first kappa shape index (κ1) is 5.87. The van der Waals surface area contributed by atoms with Crippen molar-refractivity contribution < 1.29 is 2.78 Å². The molecule has 1 heterocycles. The van der Waals surface area contributed by atoms with E-state index in [1.165, 1.54) is 0 Å². The van der Waals surface area contributed by atoms with Crippen molar-refractivity contribution in [2.24, 2.45) is 0 Å². The van der Waals surface area contributed by atoms with Gasteiger partial charge >= 0.3 is 6.33 Å². The molecule has 0 saturated carbocycles. The third kappa shape index (κ3) is 1.12. The van der Waals surface area contributed by atoms with Crippen molar-refractivity contribution in [2.75, 3.05) is 0 Å². The average molecular weight is 222 g/mol. The topological polar surface area (TPSA) is 29.7 Å². The molecule has 0 N–H and O–H groups in total. The van der Waals surface area contributed by atoms with Crippen molar-refractivity contribution in [3.63, 3.8) is 0 Å². The molecule has 4 heteroatoms. The molecule has 1 rings (SSSR count). The van der Waals surface area contributed by atoms with Gasteiger partial charge in [0, 0.05) is 6.92 Å². The van der Waals surface area contributed by atoms with Crippen molar-refractivity contribution in [1.82, 2.24) is 10.2 Å². The van der Waals surface area contributed by atoms with E-state index in [2.05, 4.69) is 33.1 Å². The molecule has 1 aromatic heterocycles.